The number of hydrogen-bond donors (Lipinski definition) is 0. The monoisotopic (exact) mass is 316 g/mol. The maximum absolute atomic E-state index is 4.84. The van der Waals surface area contributed by atoms with Gasteiger partial charge in [0.2, 0.25) is 0 Å². The molecule has 0 amide bonds. The van der Waals surface area contributed by atoms with Gasteiger partial charge in [0.25, 0.3) is 0 Å². The van der Waals surface area contributed by atoms with E-state index in [1.807, 2.05) is 0 Å². The van der Waals surface area contributed by atoms with Crippen LogP contribution in [0.1, 0.15) is 25.0 Å². The van der Waals surface area contributed by atoms with Crippen molar-refractivity contribution in [3.05, 3.63) is 48.3 Å². The lowest BCUT2D eigenvalue weighted by Crippen LogP contribution is -1.98. The van der Waals surface area contributed by atoms with E-state index in [9.17, 15) is 0 Å². The number of fused-ring (bicyclic) bond motifs is 3. The van der Waals surface area contributed by atoms with Crippen molar-refractivity contribution in [2.24, 2.45) is 0 Å². The molecule has 98 valence electrons. The molecule has 0 spiro atoms. The maximum Gasteiger partial charge on any atom is 0.0874 e. The number of benzene rings is 1. The molecule has 0 aliphatic rings. The van der Waals surface area contributed by atoms with Crippen LogP contribution in [0.2, 0.25) is 0 Å². The molecule has 0 bridgehead atoms. The van der Waals surface area contributed by atoms with Crippen molar-refractivity contribution < 1.29 is 0 Å². The lowest BCUT2D eigenvalue weighted by molar-refractivity contribution is 0.716. The van der Waals surface area contributed by atoms with Crippen molar-refractivity contribution in [2.75, 3.05) is 5.33 Å². The van der Waals surface area contributed by atoms with Gasteiger partial charge in [-0.2, -0.15) is 0 Å². The van der Waals surface area contributed by atoms with Crippen molar-refractivity contribution in [3.8, 4) is 0 Å². The van der Waals surface area contributed by atoms with Crippen molar-refractivity contribution in [3.63, 3.8) is 0 Å². The SMILES string of the molecule is BrCCCCCc1nc2ccccc2n2cccc12. The Balaban J connectivity index is 1.99. The Morgan fingerprint density at radius 1 is 0.947 bits per heavy atom. The van der Waals surface area contributed by atoms with Gasteiger partial charge in [0.15, 0.2) is 0 Å². The molecule has 19 heavy (non-hydrogen) atoms. The van der Waals surface area contributed by atoms with Gasteiger partial charge in [0.1, 0.15) is 0 Å². The summed E-state index contributed by atoms with van der Waals surface area (Å²) in [6.07, 6.45) is 6.89. The molecule has 0 radical (unpaired) electrons. The highest BCUT2D eigenvalue weighted by Gasteiger charge is 2.07. The minimum atomic E-state index is 1.06. The molecule has 0 atom stereocenters. The third-order valence-corrected chi connectivity index (χ3v) is 4.05. The maximum atomic E-state index is 4.84. The lowest BCUT2D eigenvalue weighted by Gasteiger charge is -2.08. The van der Waals surface area contributed by atoms with Gasteiger partial charge in [-0.3, -0.25) is 0 Å². The Labute approximate surface area is 121 Å². The van der Waals surface area contributed by atoms with Gasteiger partial charge in [-0.25, -0.2) is 4.98 Å². The Morgan fingerprint density at radius 2 is 1.79 bits per heavy atom. The van der Waals surface area contributed by atoms with Gasteiger partial charge in [-0.1, -0.05) is 34.5 Å². The van der Waals surface area contributed by atoms with Crippen molar-refractivity contribution in [1.29, 1.82) is 0 Å². The van der Waals surface area contributed by atoms with Crippen molar-refractivity contribution in [1.82, 2.24) is 9.38 Å². The van der Waals surface area contributed by atoms with Crippen LogP contribution in [-0.2, 0) is 6.42 Å². The second-order valence-electron chi connectivity index (χ2n) is 4.81. The molecule has 2 aromatic heterocycles. The Kier molecular flexibility index (Phi) is 3.83. The fraction of sp³-hybridized carbons (Fsp3) is 0.312. The number of halogens is 1. The highest BCUT2D eigenvalue weighted by atomic mass is 79.9. The van der Waals surface area contributed by atoms with E-state index in [0.717, 1.165) is 17.3 Å². The number of alkyl halides is 1. The molecule has 0 unspecified atom stereocenters. The molecule has 3 aromatic rings. The summed E-state index contributed by atoms with van der Waals surface area (Å²) in [5.74, 6) is 0. The van der Waals surface area contributed by atoms with E-state index >= 15 is 0 Å². The molecule has 0 N–H and O–H groups in total. The standard InChI is InChI=1S/C16H17BrN2/c17-11-5-1-2-7-13-16-10-6-12-19(16)15-9-4-3-8-14(15)18-13/h3-4,6,8-10,12H,1-2,5,7,11H2. The summed E-state index contributed by atoms with van der Waals surface area (Å²) in [6, 6.07) is 12.6. The fourth-order valence-electron chi connectivity index (χ4n) is 2.54. The number of unbranched alkanes of at least 4 members (excludes halogenated alkanes) is 2. The van der Waals surface area contributed by atoms with Gasteiger partial charge in [-0.15, -0.1) is 0 Å². The van der Waals surface area contributed by atoms with E-state index in [4.69, 9.17) is 4.98 Å². The van der Waals surface area contributed by atoms with Crippen molar-refractivity contribution in [2.45, 2.75) is 25.7 Å². The van der Waals surface area contributed by atoms with Gasteiger partial charge in [0.05, 0.1) is 22.2 Å². The summed E-state index contributed by atoms with van der Waals surface area (Å²) < 4.78 is 2.25. The molecule has 2 nitrogen and oxygen atoms in total. The zero-order chi connectivity index (χ0) is 13.1. The molecule has 0 saturated heterocycles. The lowest BCUT2D eigenvalue weighted by atomic mass is 10.1. The first-order valence-electron chi connectivity index (χ1n) is 6.81. The largest absolute Gasteiger partial charge is 0.313 e. The first-order chi connectivity index (χ1) is 9.40. The molecular formula is C16H17BrN2. The average Bonchev–Trinajstić information content (AvgIpc) is 2.93. The van der Waals surface area contributed by atoms with Gasteiger partial charge >= 0.3 is 0 Å². The van der Waals surface area contributed by atoms with E-state index < -0.39 is 0 Å². The third kappa shape index (κ3) is 2.52. The highest BCUT2D eigenvalue weighted by molar-refractivity contribution is 9.09. The number of para-hydroxylation sites is 2. The normalized spacial score (nSPS) is 11.4. The van der Waals surface area contributed by atoms with E-state index in [1.165, 1.54) is 36.0 Å². The van der Waals surface area contributed by atoms with Crippen LogP contribution in [0.5, 0.6) is 0 Å². The van der Waals surface area contributed by atoms with Crippen LogP contribution >= 0.6 is 15.9 Å². The van der Waals surface area contributed by atoms with E-state index in [0.29, 0.717) is 0 Å². The minimum absolute atomic E-state index is 1.06. The van der Waals surface area contributed by atoms with Crippen LogP contribution in [0, 0.1) is 0 Å². The predicted molar refractivity (Wildman–Crippen MR) is 84.0 cm³/mol. The molecule has 0 saturated carbocycles. The quantitative estimate of drug-likeness (QED) is 0.497. The number of aryl methyl sites for hydroxylation is 1. The molecule has 0 aliphatic heterocycles. The molecule has 3 rings (SSSR count). The predicted octanol–water partition coefficient (Wildman–Crippen LogP) is 4.60. The zero-order valence-electron chi connectivity index (χ0n) is 10.8. The first kappa shape index (κ1) is 12.7. The van der Waals surface area contributed by atoms with E-state index in [2.05, 4.69) is 62.9 Å². The average molecular weight is 317 g/mol. The second-order valence-corrected chi connectivity index (χ2v) is 5.60. The smallest absolute Gasteiger partial charge is 0.0874 e. The van der Waals surface area contributed by atoms with Crippen LogP contribution in [-0.4, -0.2) is 14.7 Å². The van der Waals surface area contributed by atoms with Gasteiger partial charge < -0.3 is 4.40 Å². The van der Waals surface area contributed by atoms with Crippen LogP contribution in [0.15, 0.2) is 42.6 Å². The van der Waals surface area contributed by atoms with Crippen LogP contribution in [0.4, 0.5) is 0 Å². The first-order valence-corrected chi connectivity index (χ1v) is 7.93. The third-order valence-electron chi connectivity index (χ3n) is 3.49. The van der Waals surface area contributed by atoms with Crippen LogP contribution in [0.3, 0.4) is 0 Å². The van der Waals surface area contributed by atoms with Gasteiger partial charge in [0, 0.05) is 11.5 Å². The van der Waals surface area contributed by atoms with E-state index in [1.54, 1.807) is 0 Å². The van der Waals surface area contributed by atoms with Gasteiger partial charge in [-0.05, 0) is 43.5 Å². The summed E-state index contributed by atoms with van der Waals surface area (Å²) in [5, 5.41) is 1.10. The molecule has 1 aromatic carbocycles. The minimum Gasteiger partial charge on any atom is -0.313 e. The van der Waals surface area contributed by atoms with E-state index in [-0.39, 0.29) is 0 Å². The molecule has 2 heterocycles. The Bertz CT molecular complexity index is 687. The van der Waals surface area contributed by atoms with Crippen molar-refractivity contribution >= 4 is 32.5 Å². The fourth-order valence-corrected chi connectivity index (χ4v) is 2.94. The summed E-state index contributed by atoms with van der Waals surface area (Å²) in [5.41, 5.74) is 4.74. The highest BCUT2D eigenvalue weighted by Crippen LogP contribution is 2.20. The molecule has 0 fully saturated rings. The van der Waals surface area contributed by atoms with Crippen LogP contribution < -0.4 is 0 Å². The summed E-state index contributed by atoms with van der Waals surface area (Å²) >= 11 is 3.48. The van der Waals surface area contributed by atoms with Crippen LogP contribution in [0.25, 0.3) is 16.6 Å². The molecule has 0 aliphatic carbocycles. The number of hydrogen-bond acceptors (Lipinski definition) is 1. The zero-order valence-corrected chi connectivity index (χ0v) is 12.4. The summed E-state index contributed by atoms with van der Waals surface area (Å²) in [7, 11) is 0. The Morgan fingerprint density at radius 3 is 2.68 bits per heavy atom. The summed E-state index contributed by atoms with van der Waals surface area (Å²) in [6.45, 7) is 0. The topological polar surface area (TPSA) is 17.3 Å². The molecule has 3 heteroatoms. The second kappa shape index (κ2) is 5.74. The Hall–Kier alpha value is -1.35. The number of nitrogens with zero attached hydrogens (tertiary/aromatic N) is 2. The summed E-state index contributed by atoms with van der Waals surface area (Å²) in [4.78, 5) is 4.84. The number of rotatable bonds is 5. The number of aromatic nitrogens is 2. The molecular weight excluding hydrogens is 300 g/mol.